The third kappa shape index (κ3) is 3.85. The van der Waals surface area contributed by atoms with Crippen LogP contribution in [0.15, 0.2) is 0 Å². The molecule has 0 aromatic rings. The van der Waals surface area contributed by atoms with Crippen molar-refractivity contribution >= 4 is 12.0 Å². The summed E-state index contributed by atoms with van der Waals surface area (Å²) in [5, 5.41) is 12.3. The normalized spacial score (nSPS) is 24.6. The van der Waals surface area contributed by atoms with Gasteiger partial charge in [-0.1, -0.05) is 20.8 Å². The van der Waals surface area contributed by atoms with Gasteiger partial charge in [-0.15, -0.1) is 0 Å². The van der Waals surface area contributed by atoms with Gasteiger partial charge >= 0.3 is 12.0 Å². The number of aliphatic carboxylic acids is 1. The Morgan fingerprint density at radius 1 is 1.37 bits per heavy atom. The lowest BCUT2D eigenvalue weighted by molar-refractivity contribution is -0.148. The van der Waals surface area contributed by atoms with E-state index >= 15 is 0 Å². The van der Waals surface area contributed by atoms with E-state index < -0.39 is 11.4 Å². The second-order valence-electron chi connectivity index (χ2n) is 6.09. The summed E-state index contributed by atoms with van der Waals surface area (Å²) in [6, 6.07) is -0.0151. The van der Waals surface area contributed by atoms with Crippen LogP contribution in [0.1, 0.15) is 47.0 Å². The van der Waals surface area contributed by atoms with Crippen LogP contribution in [0, 0.1) is 11.3 Å². The van der Waals surface area contributed by atoms with Gasteiger partial charge in [0.15, 0.2) is 0 Å². The topological polar surface area (TPSA) is 69.6 Å². The van der Waals surface area contributed by atoms with Crippen LogP contribution < -0.4 is 5.32 Å². The number of nitrogens with zero attached hydrogens (tertiary/aromatic N) is 1. The second-order valence-corrected chi connectivity index (χ2v) is 6.09. The Labute approximate surface area is 115 Å². The first-order valence-corrected chi connectivity index (χ1v) is 7.09. The van der Waals surface area contributed by atoms with Crippen molar-refractivity contribution in [2.75, 3.05) is 13.1 Å². The summed E-state index contributed by atoms with van der Waals surface area (Å²) in [4.78, 5) is 25.1. The Morgan fingerprint density at radius 3 is 2.42 bits per heavy atom. The van der Waals surface area contributed by atoms with Crippen molar-refractivity contribution < 1.29 is 14.7 Å². The summed E-state index contributed by atoms with van der Waals surface area (Å²) in [5.74, 6) is -0.261. The summed E-state index contributed by atoms with van der Waals surface area (Å²) in [7, 11) is 0. The van der Waals surface area contributed by atoms with Gasteiger partial charge in [0, 0.05) is 19.1 Å². The number of hydrogen-bond donors (Lipinski definition) is 2. The van der Waals surface area contributed by atoms with Gasteiger partial charge in [-0.3, -0.25) is 4.79 Å². The second kappa shape index (κ2) is 6.26. The molecule has 1 fully saturated rings. The molecular weight excluding hydrogens is 244 g/mol. The summed E-state index contributed by atoms with van der Waals surface area (Å²) in [6.45, 7) is 8.94. The number of nitrogens with one attached hydrogen (secondary N) is 1. The maximum atomic E-state index is 12.1. The molecule has 0 aromatic heterocycles. The third-order valence-electron chi connectivity index (χ3n) is 3.97. The molecule has 19 heavy (non-hydrogen) atoms. The van der Waals surface area contributed by atoms with Crippen LogP contribution in [0.5, 0.6) is 0 Å². The SMILES string of the molecule is CCC1(C(=O)O)CCN(C(=O)NC(C)CC(C)C)C1. The van der Waals surface area contributed by atoms with Crippen molar-refractivity contribution in [3.63, 3.8) is 0 Å². The highest BCUT2D eigenvalue weighted by Gasteiger charge is 2.44. The number of amides is 2. The minimum Gasteiger partial charge on any atom is -0.481 e. The van der Waals surface area contributed by atoms with Crippen LogP contribution in [0.3, 0.4) is 0 Å². The summed E-state index contributed by atoms with van der Waals surface area (Å²) in [6.07, 6.45) is 2.04. The molecule has 0 saturated carbocycles. The van der Waals surface area contributed by atoms with E-state index in [0.29, 0.717) is 31.8 Å². The van der Waals surface area contributed by atoms with Gasteiger partial charge in [0.05, 0.1) is 5.41 Å². The molecule has 1 heterocycles. The highest BCUT2D eigenvalue weighted by molar-refractivity contribution is 5.79. The van der Waals surface area contributed by atoms with E-state index in [-0.39, 0.29) is 12.1 Å². The summed E-state index contributed by atoms with van der Waals surface area (Å²) >= 11 is 0. The van der Waals surface area contributed by atoms with Gasteiger partial charge in [0.1, 0.15) is 0 Å². The molecule has 1 saturated heterocycles. The molecule has 1 rings (SSSR count). The maximum Gasteiger partial charge on any atom is 0.317 e. The van der Waals surface area contributed by atoms with E-state index in [4.69, 9.17) is 0 Å². The van der Waals surface area contributed by atoms with Gasteiger partial charge in [-0.05, 0) is 32.1 Å². The van der Waals surface area contributed by atoms with Crippen LogP contribution in [0.25, 0.3) is 0 Å². The van der Waals surface area contributed by atoms with Gasteiger partial charge in [-0.25, -0.2) is 4.79 Å². The quantitative estimate of drug-likeness (QED) is 0.805. The van der Waals surface area contributed by atoms with Gasteiger partial charge in [0.2, 0.25) is 0 Å². The first-order valence-electron chi connectivity index (χ1n) is 7.09. The Balaban J connectivity index is 2.54. The maximum absolute atomic E-state index is 12.1. The number of rotatable bonds is 5. The van der Waals surface area contributed by atoms with E-state index in [1.165, 1.54) is 0 Å². The van der Waals surface area contributed by atoms with Crippen molar-refractivity contribution in [2.45, 2.75) is 53.0 Å². The lowest BCUT2D eigenvalue weighted by Crippen LogP contribution is -2.45. The highest BCUT2D eigenvalue weighted by atomic mass is 16.4. The van der Waals surface area contributed by atoms with Crippen molar-refractivity contribution in [1.82, 2.24) is 10.2 Å². The molecule has 0 bridgehead atoms. The minimum absolute atomic E-state index is 0.119. The van der Waals surface area contributed by atoms with Crippen LogP contribution in [-0.4, -0.2) is 41.1 Å². The van der Waals surface area contributed by atoms with E-state index in [1.54, 1.807) is 4.90 Å². The smallest absolute Gasteiger partial charge is 0.317 e. The third-order valence-corrected chi connectivity index (χ3v) is 3.97. The predicted octanol–water partition coefficient (Wildman–Crippen LogP) is 2.32. The lowest BCUT2D eigenvalue weighted by Gasteiger charge is -2.25. The Bertz CT molecular complexity index is 344. The Hall–Kier alpha value is -1.26. The fraction of sp³-hybridized carbons (Fsp3) is 0.857. The number of likely N-dealkylation sites (tertiary alicyclic amines) is 1. The van der Waals surface area contributed by atoms with Gasteiger partial charge in [0.25, 0.3) is 0 Å². The average molecular weight is 270 g/mol. The molecule has 2 unspecified atom stereocenters. The molecule has 5 heteroatoms. The number of carbonyl (C=O) groups excluding carboxylic acids is 1. The number of urea groups is 1. The van der Waals surface area contributed by atoms with Crippen LogP contribution in [0.2, 0.25) is 0 Å². The minimum atomic E-state index is -0.791. The Kier molecular flexibility index (Phi) is 5.20. The van der Waals surface area contributed by atoms with Crippen molar-refractivity contribution in [3.05, 3.63) is 0 Å². The molecule has 2 amide bonds. The highest BCUT2D eigenvalue weighted by Crippen LogP contribution is 2.34. The van der Waals surface area contributed by atoms with Gasteiger partial charge in [-0.2, -0.15) is 0 Å². The van der Waals surface area contributed by atoms with E-state index in [9.17, 15) is 14.7 Å². The standard InChI is InChI=1S/C14H26N2O3/c1-5-14(12(17)18)6-7-16(9-14)13(19)15-11(4)8-10(2)3/h10-11H,5-9H2,1-4H3,(H,15,19)(H,17,18). The molecule has 2 N–H and O–H groups in total. The molecule has 1 aliphatic rings. The molecule has 0 aliphatic carbocycles. The fourth-order valence-electron chi connectivity index (χ4n) is 2.73. The Morgan fingerprint density at radius 2 is 2.00 bits per heavy atom. The molecule has 0 aromatic carbocycles. The average Bonchev–Trinajstić information content (AvgIpc) is 2.73. The van der Waals surface area contributed by atoms with Crippen LogP contribution in [-0.2, 0) is 4.79 Å². The van der Waals surface area contributed by atoms with Crippen molar-refractivity contribution in [2.24, 2.45) is 11.3 Å². The molecule has 5 nitrogen and oxygen atoms in total. The van der Waals surface area contributed by atoms with Crippen molar-refractivity contribution in [1.29, 1.82) is 0 Å². The molecular formula is C14H26N2O3. The van der Waals surface area contributed by atoms with E-state index in [2.05, 4.69) is 19.2 Å². The zero-order valence-corrected chi connectivity index (χ0v) is 12.4. The van der Waals surface area contributed by atoms with Crippen LogP contribution >= 0.6 is 0 Å². The summed E-state index contributed by atoms with van der Waals surface area (Å²) < 4.78 is 0. The first-order chi connectivity index (χ1) is 8.80. The monoisotopic (exact) mass is 270 g/mol. The molecule has 0 spiro atoms. The molecule has 0 radical (unpaired) electrons. The molecule has 110 valence electrons. The molecule has 1 aliphatic heterocycles. The predicted molar refractivity (Wildman–Crippen MR) is 74.0 cm³/mol. The fourth-order valence-corrected chi connectivity index (χ4v) is 2.73. The number of hydrogen-bond acceptors (Lipinski definition) is 2. The van der Waals surface area contributed by atoms with E-state index in [1.807, 2.05) is 13.8 Å². The number of carboxylic acid groups (broad SMARTS) is 1. The first kappa shape index (κ1) is 15.8. The number of carbonyl (C=O) groups is 2. The van der Waals surface area contributed by atoms with Crippen LogP contribution in [0.4, 0.5) is 4.79 Å². The zero-order valence-electron chi connectivity index (χ0n) is 12.4. The largest absolute Gasteiger partial charge is 0.481 e. The number of carboxylic acids is 1. The lowest BCUT2D eigenvalue weighted by atomic mass is 9.84. The van der Waals surface area contributed by atoms with Crippen molar-refractivity contribution in [3.8, 4) is 0 Å². The van der Waals surface area contributed by atoms with E-state index in [0.717, 1.165) is 6.42 Å². The molecule has 2 atom stereocenters. The van der Waals surface area contributed by atoms with Gasteiger partial charge < -0.3 is 15.3 Å². The zero-order chi connectivity index (χ0) is 14.6. The summed E-state index contributed by atoms with van der Waals surface area (Å²) in [5.41, 5.74) is -0.751.